The molecule has 3 rings (SSSR count). The second-order valence-electron chi connectivity index (χ2n) is 15.0. The van der Waals surface area contributed by atoms with Gasteiger partial charge in [-0.25, -0.2) is 29.2 Å². The first-order valence-corrected chi connectivity index (χ1v) is 25.5. The number of nitrogens with zero attached hydrogens (tertiary/aromatic N) is 3. The van der Waals surface area contributed by atoms with Crippen molar-refractivity contribution in [1.29, 1.82) is 0 Å². The molecule has 0 saturated carbocycles. The van der Waals surface area contributed by atoms with Crippen molar-refractivity contribution < 1.29 is 68.7 Å². The van der Waals surface area contributed by atoms with Crippen molar-refractivity contribution in [2.75, 3.05) is 78.8 Å². The van der Waals surface area contributed by atoms with Gasteiger partial charge in [0.25, 0.3) is 0 Å². The Morgan fingerprint density at radius 2 is 1.37 bits per heavy atom. The van der Waals surface area contributed by atoms with Crippen LogP contribution in [0.25, 0.3) is 0 Å². The average molecular weight is 1420 g/mol. The fraction of sp³-hybridized carbons (Fsp3) is 0.442. The molecule has 0 heterocycles. The van der Waals surface area contributed by atoms with Gasteiger partial charge in [-0.2, -0.15) is 0 Å². The summed E-state index contributed by atoms with van der Waals surface area (Å²) >= 11 is 13.8. The number of carbonyl (C=O) groups excluding carboxylic acids is 2. The molecule has 20 nitrogen and oxygen atoms in total. The van der Waals surface area contributed by atoms with Gasteiger partial charge < -0.3 is 45.9 Å². The maximum Gasteiger partial charge on any atom is 0.326 e. The first kappa shape index (κ1) is 59.4. The van der Waals surface area contributed by atoms with E-state index in [-0.39, 0.29) is 77.2 Å². The normalized spacial score (nSPS) is 12.2. The third-order valence-electron chi connectivity index (χ3n) is 9.83. The van der Waals surface area contributed by atoms with Gasteiger partial charge in [-0.1, -0.05) is 18.6 Å². The van der Waals surface area contributed by atoms with E-state index in [0.29, 0.717) is 68.0 Å². The lowest BCUT2D eigenvalue weighted by molar-refractivity contribution is -0.338. The minimum absolute atomic E-state index is 0.0594. The van der Waals surface area contributed by atoms with Crippen molar-refractivity contribution in [2.24, 2.45) is 0 Å². The summed E-state index contributed by atoms with van der Waals surface area (Å²) in [4.78, 5) is 84.2. The van der Waals surface area contributed by atoms with E-state index in [1.165, 1.54) is 19.1 Å². The van der Waals surface area contributed by atoms with E-state index in [0.717, 1.165) is 18.3 Å². The van der Waals surface area contributed by atoms with Crippen molar-refractivity contribution in [3.63, 3.8) is 0 Å². The summed E-state index contributed by atoms with van der Waals surface area (Å²) < 4.78 is 8.97. The number of hydrogen-bond donors (Lipinski definition) is 7. The van der Waals surface area contributed by atoms with Crippen LogP contribution in [0.15, 0.2) is 48.5 Å². The number of rotatable bonds is 33. The number of phenols is 1. The van der Waals surface area contributed by atoms with Gasteiger partial charge in [0.2, 0.25) is 5.91 Å². The molecule has 0 fully saturated rings. The van der Waals surface area contributed by atoms with Crippen LogP contribution in [-0.4, -0.2) is 156 Å². The predicted molar refractivity (Wildman–Crippen MR) is 287 cm³/mol. The molecule has 0 radical (unpaired) electrons. The lowest BCUT2D eigenvalue weighted by Gasteiger charge is -2.34. The van der Waals surface area contributed by atoms with Crippen LogP contribution < -0.4 is 20.7 Å². The molecule has 0 aliphatic carbocycles. The van der Waals surface area contributed by atoms with Crippen molar-refractivity contribution in [3.8, 4) is 17.2 Å². The van der Waals surface area contributed by atoms with Crippen LogP contribution >= 0.6 is 103 Å². The number of nitrogens with one attached hydrogen (secondary N) is 3. The Kier molecular flexibility index (Phi) is 28.1. The maximum absolute atomic E-state index is 12.8. The first-order valence-electron chi connectivity index (χ1n) is 20.8. The molecular formula is C43H54I4N6O14S. The highest BCUT2D eigenvalue weighted by Crippen LogP contribution is 2.37. The van der Waals surface area contributed by atoms with E-state index < -0.39 is 30.0 Å². The SMILES string of the molecule is COOCN(COOC)C(Cc1ccc(NC(=S)NCCCCCC(=O)NC(Cc2cc(I)c(Oc3cc(I)c(O)c(I)c3)c(I)c2)C(=O)O)cc1)CN(CCN(CC=O)CC(=O)O)CC(=O)O. The monoisotopic (exact) mass is 1420 g/mol. The van der Waals surface area contributed by atoms with Gasteiger partial charge in [0, 0.05) is 50.7 Å². The largest absolute Gasteiger partial charge is 0.506 e. The van der Waals surface area contributed by atoms with Crippen LogP contribution in [0.3, 0.4) is 0 Å². The highest BCUT2D eigenvalue weighted by Gasteiger charge is 2.26. The highest BCUT2D eigenvalue weighted by molar-refractivity contribution is 14.1. The number of thiocarbonyl (C=S) groups is 1. The summed E-state index contributed by atoms with van der Waals surface area (Å²) in [6.07, 6.45) is 3.18. The molecule has 0 aliphatic heterocycles. The number of amides is 1. The number of unbranched alkanes of at least 4 members (excludes halogenated alkanes) is 2. The van der Waals surface area contributed by atoms with Gasteiger partial charge in [0.05, 0.1) is 48.1 Å². The Balaban J connectivity index is 1.50. The first-order chi connectivity index (χ1) is 32.4. The number of aromatic hydroxyl groups is 1. The molecule has 0 saturated heterocycles. The van der Waals surface area contributed by atoms with Gasteiger partial charge in [-0.05, 0) is 169 Å². The number of anilines is 1. The van der Waals surface area contributed by atoms with Gasteiger partial charge in [0.1, 0.15) is 37.3 Å². The highest BCUT2D eigenvalue weighted by atomic mass is 127. The Morgan fingerprint density at radius 3 is 1.93 bits per heavy atom. The smallest absolute Gasteiger partial charge is 0.326 e. The molecule has 3 aromatic carbocycles. The van der Waals surface area contributed by atoms with Crippen molar-refractivity contribution >= 4 is 143 Å². The lowest BCUT2D eigenvalue weighted by atomic mass is 10.0. The van der Waals surface area contributed by atoms with Crippen molar-refractivity contribution in [1.82, 2.24) is 25.3 Å². The van der Waals surface area contributed by atoms with E-state index in [9.17, 15) is 44.4 Å². The third-order valence-corrected chi connectivity index (χ3v) is 13.3. The zero-order valence-corrected chi connectivity index (χ0v) is 46.5. The number of carboxylic acids is 3. The van der Waals surface area contributed by atoms with Crippen molar-refractivity contribution in [2.45, 2.75) is 50.6 Å². The number of hydrogen-bond acceptors (Lipinski definition) is 15. The van der Waals surface area contributed by atoms with Crippen molar-refractivity contribution in [3.05, 3.63) is 73.9 Å². The topological polar surface area (TPSA) is 258 Å². The zero-order chi connectivity index (χ0) is 50.2. The molecule has 3 aromatic rings. The van der Waals surface area contributed by atoms with E-state index in [1.807, 2.05) is 81.6 Å². The molecular weight excluding hydrogens is 1360 g/mol. The quantitative estimate of drug-likeness (QED) is 0.00754. The number of aldehydes is 1. The van der Waals surface area contributed by atoms with E-state index in [4.69, 9.17) is 36.5 Å². The fourth-order valence-electron chi connectivity index (χ4n) is 6.55. The maximum atomic E-state index is 12.8. The number of carboxylic acid groups (broad SMARTS) is 3. The second kappa shape index (κ2) is 32.2. The number of halogens is 4. The fourth-order valence-corrected chi connectivity index (χ4v) is 10.6. The lowest BCUT2D eigenvalue weighted by Crippen LogP contribution is -2.50. The molecule has 374 valence electrons. The number of benzene rings is 3. The van der Waals surface area contributed by atoms with Crippen LogP contribution in [0.5, 0.6) is 17.2 Å². The van der Waals surface area contributed by atoms with E-state index in [1.54, 1.807) is 21.9 Å². The Bertz CT molecular complexity index is 2090. The summed E-state index contributed by atoms with van der Waals surface area (Å²) in [6, 6.07) is 13.0. The van der Waals surface area contributed by atoms with Crippen LogP contribution in [0.2, 0.25) is 0 Å². The predicted octanol–water partition coefficient (Wildman–Crippen LogP) is 5.52. The summed E-state index contributed by atoms with van der Waals surface area (Å²) in [5.74, 6) is -2.34. The number of ether oxygens (including phenoxy) is 1. The van der Waals surface area contributed by atoms with E-state index >= 15 is 0 Å². The molecule has 1 amide bonds. The summed E-state index contributed by atoms with van der Waals surface area (Å²) in [5.41, 5.74) is 2.32. The average Bonchev–Trinajstić information content (AvgIpc) is 3.27. The molecule has 0 aromatic heterocycles. The Labute approximate surface area is 453 Å². The number of phenolic OH excluding ortho intramolecular Hbond substituents is 1. The van der Waals surface area contributed by atoms with Gasteiger partial charge >= 0.3 is 17.9 Å². The second-order valence-corrected chi connectivity index (χ2v) is 20.0. The molecule has 7 N–H and O–H groups in total. The molecule has 68 heavy (non-hydrogen) atoms. The van der Waals surface area contributed by atoms with Gasteiger partial charge in [0.15, 0.2) is 10.9 Å². The zero-order valence-electron chi connectivity index (χ0n) is 37.1. The Morgan fingerprint density at radius 1 is 0.779 bits per heavy atom. The minimum Gasteiger partial charge on any atom is -0.506 e. The van der Waals surface area contributed by atoms with Crippen LogP contribution in [-0.2, 0) is 56.4 Å². The molecule has 0 spiro atoms. The van der Waals surface area contributed by atoms with Crippen LogP contribution in [0, 0.1) is 14.3 Å². The van der Waals surface area contributed by atoms with Gasteiger partial charge in [-0.3, -0.25) is 24.2 Å². The van der Waals surface area contributed by atoms with Crippen LogP contribution in [0.4, 0.5) is 5.69 Å². The van der Waals surface area contributed by atoms with Gasteiger partial charge in [-0.15, -0.1) is 0 Å². The molecule has 0 aliphatic rings. The standard InChI is InChI=1S/C43H54I4N6O14S/c1-63-65-25-53(26-66-64-2)30(22-52(24-39(58)59)13-12-51(14-15-54)23-38(56)57)16-27-7-9-29(10-8-27)49-43(68)48-11-5-3-4-6-37(55)50-36(42(61)62)19-28-17-34(46)41(35(47)18-28)67-31-20-32(44)40(60)33(45)21-31/h7-10,15,17-18,20-21,30,36,60H,3-6,11-14,16,19,22-26H2,1-2H3,(H,50,55)(H,56,57)(H,58,59)(H,61,62)(H2,48,49,68). The minimum atomic E-state index is -1.14. The summed E-state index contributed by atoms with van der Waals surface area (Å²) in [7, 11) is 2.70. The Hall–Kier alpha value is -2.86. The molecule has 2 atom stereocenters. The van der Waals surface area contributed by atoms with E-state index in [2.05, 4.69) is 61.1 Å². The third kappa shape index (κ3) is 22.5. The molecule has 2 unspecified atom stereocenters. The summed E-state index contributed by atoms with van der Waals surface area (Å²) in [5, 5.41) is 48.4. The molecule has 0 bridgehead atoms. The molecule has 25 heteroatoms. The number of carbonyl (C=O) groups is 5. The number of aliphatic carboxylic acids is 3. The van der Waals surface area contributed by atoms with Crippen LogP contribution in [0.1, 0.15) is 36.8 Å². The summed E-state index contributed by atoms with van der Waals surface area (Å²) in [6.45, 7) is 0.0371.